The summed E-state index contributed by atoms with van der Waals surface area (Å²) in [6.45, 7) is 0.214. The van der Waals surface area contributed by atoms with Crippen LogP contribution >= 0.6 is 0 Å². The van der Waals surface area contributed by atoms with Crippen LogP contribution in [0.25, 0.3) is 0 Å². The molecule has 0 aromatic rings. The van der Waals surface area contributed by atoms with Crippen LogP contribution in [0.4, 0.5) is 4.79 Å². The Morgan fingerprint density at radius 1 is 1.37 bits per heavy atom. The Bertz CT molecular complexity index is 383. The molecule has 2 amide bonds. The van der Waals surface area contributed by atoms with Crippen molar-refractivity contribution in [1.82, 2.24) is 9.80 Å². The van der Waals surface area contributed by atoms with Crippen LogP contribution in [0.15, 0.2) is 0 Å². The molecule has 7 heteroatoms. The standard InChI is InChI=1S/C12H17N3O4/c1-3-6-15(10-11(16)17)12(18)14(7-4-5-13)8-9-19-2/h1H,4,6-10H2,2H3,(H,16,17). The smallest absolute Gasteiger partial charge is 0.323 e. The molecule has 0 radical (unpaired) electrons. The van der Waals surface area contributed by atoms with E-state index in [1.165, 1.54) is 12.0 Å². The highest BCUT2D eigenvalue weighted by atomic mass is 16.5. The average Bonchev–Trinajstić information content (AvgIpc) is 2.37. The van der Waals surface area contributed by atoms with Crippen LogP contribution in [0, 0.1) is 23.7 Å². The lowest BCUT2D eigenvalue weighted by Crippen LogP contribution is -2.47. The van der Waals surface area contributed by atoms with E-state index in [9.17, 15) is 9.59 Å². The van der Waals surface area contributed by atoms with E-state index in [1.54, 1.807) is 0 Å². The third-order valence-corrected chi connectivity index (χ3v) is 2.21. The van der Waals surface area contributed by atoms with Gasteiger partial charge in [-0.25, -0.2) is 4.79 Å². The number of amides is 2. The lowest BCUT2D eigenvalue weighted by atomic mass is 10.4. The van der Waals surface area contributed by atoms with Crippen LogP contribution in [-0.2, 0) is 9.53 Å². The molecule has 0 aromatic heterocycles. The number of nitriles is 1. The largest absolute Gasteiger partial charge is 0.480 e. The van der Waals surface area contributed by atoms with Gasteiger partial charge in [-0.15, -0.1) is 6.42 Å². The molecule has 0 aromatic carbocycles. The minimum Gasteiger partial charge on any atom is -0.480 e. The minimum absolute atomic E-state index is 0.0961. The van der Waals surface area contributed by atoms with Crippen LogP contribution < -0.4 is 0 Å². The molecule has 0 heterocycles. The highest BCUT2D eigenvalue weighted by molar-refractivity contribution is 5.80. The van der Waals surface area contributed by atoms with E-state index >= 15 is 0 Å². The molecular formula is C12H17N3O4. The number of carboxylic acid groups (broad SMARTS) is 1. The van der Waals surface area contributed by atoms with Crippen LogP contribution in [0.1, 0.15) is 6.42 Å². The van der Waals surface area contributed by atoms with Gasteiger partial charge in [-0.1, -0.05) is 5.92 Å². The SMILES string of the molecule is C#CCN(CC(=O)O)C(=O)N(CCC#N)CCOC. The summed E-state index contributed by atoms with van der Waals surface area (Å²) in [4.78, 5) is 25.2. The second kappa shape index (κ2) is 9.75. The summed E-state index contributed by atoms with van der Waals surface area (Å²) in [5.41, 5.74) is 0. The van der Waals surface area contributed by atoms with Crippen LogP contribution in [0.3, 0.4) is 0 Å². The van der Waals surface area contributed by atoms with Crippen LogP contribution in [0.5, 0.6) is 0 Å². The molecule has 1 N–H and O–H groups in total. The molecule has 0 aliphatic carbocycles. The summed E-state index contributed by atoms with van der Waals surface area (Å²) in [6, 6.07) is 1.42. The van der Waals surface area contributed by atoms with E-state index in [2.05, 4.69) is 5.92 Å². The van der Waals surface area contributed by atoms with Crippen LogP contribution in [-0.4, -0.2) is 66.8 Å². The molecular weight excluding hydrogens is 250 g/mol. The maximum Gasteiger partial charge on any atom is 0.323 e. The Hall–Kier alpha value is -2.25. The van der Waals surface area contributed by atoms with E-state index in [0.717, 1.165) is 4.90 Å². The Labute approximate surface area is 112 Å². The summed E-state index contributed by atoms with van der Waals surface area (Å²) >= 11 is 0. The lowest BCUT2D eigenvalue weighted by Gasteiger charge is -2.28. The van der Waals surface area contributed by atoms with Crippen molar-refractivity contribution in [2.24, 2.45) is 0 Å². The van der Waals surface area contributed by atoms with Gasteiger partial charge in [0.05, 0.1) is 25.6 Å². The van der Waals surface area contributed by atoms with Crippen molar-refractivity contribution in [3.05, 3.63) is 0 Å². The molecule has 0 fully saturated rings. The predicted molar refractivity (Wildman–Crippen MR) is 67.1 cm³/mol. The van der Waals surface area contributed by atoms with Gasteiger partial charge in [0.1, 0.15) is 6.54 Å². The summed E-state index contributed by atoms with van der Waals surface area (Å²) in [7, 11) is 1.49. The van der Waals surface area contributed by atoms with Crippen molar-refractivity contribution < 1.29 is 19.4 Å². The molecule has 0 spiro atoms. The zero-order valence-electron chi connectivity index (χ0n) is 10.8. The maximum absolute atomic E-state index is 12.1. The number of carbonyl (C=O) groups is 2. The summed E-state index contributed by atoms with van der Waals surface area (Å²) < 4.78 is 4.87. The number of ether oxygens (including phenoxy) is 1. The number of urea groups is 1. The van der Waals surface area contributed by atoms with Crippen molar-refractivity contribution in [3.63, 3.8) is 0 Å². The molecule has 7 nitrogen and oxygen atoms in total. The quantitative estimate of drug-likeness (QED) is 0.624. The number of carbonyl (C=O) groups excluding carboxylic acids is 1. The molecule has 0 aliphatic heterocycles. The molecule has 0 atom stereocenters. The van der Waals surface area contributed by atoms with Crippen molar-refractivity contribution in [3.8, 4) is 18.4 Å². The fourth-order valence-electron chi connectivity index (χ4n) is 1.35. The van der Waals surface area contributed by atoms with E-state index in [-0.39, 0.29) is 26.1 Å². The monoisotopic (exact) mass is 267 g/mol. The first-order valence-electron chi connectivity index (χ1n) is 5.61. The van der Waals surface area contributed by atoms with Crippen molar-refractivity contribution in [1.29, 1.82) is 5.26 Å². The minimum atomic E-state index is -1.14. The van der Waals surface area contributed by atoms with Crippen molar-refractivity contribution in [2.45, 2.75) is 6.42 Å². The second-order valence-electron chi connectivity index (χ2n) is 3.62. The van der Waals surface area contributed by atoms with E-state index in [0.29, 0.717) is 6.61 Å². The Morgan fingerprint density at radius 3 is 2.53 bits per heavy atom. The molecule has 0 saturated carbocycles. The third kappa shape index (κ3) is 6.92. The van der Waals surface area contributed by atoms with E-state index < -0.39 is 18.5 Å². The molecule has 0 rings (SSSR count). The van der Waals surface area contributed by atoms with Gasteiger partial charge in [-0.3, -0.25) is 4.79 Å². The van der Waals surface area contributed by atoms with Gasteiger partial charge in [-0.2, -0.15) is 5.26 Å². The molecule has 19 heavy (non-hydrogen) atoms. The fourth-order valence-corrected chi connectivity index (χ4v) is 1.35. The summed E-state index contributed by atoms with van der Waals surface area (Å²) in [5.74, 6) is 1.10. The topological polar surface area (TPSA) is 93.9 Å². The van der Waals surface area contributed by atoms with Gasteiger partial charge in [0, 0.05) is 20.2 Å². The predicted octanol–water partition coefficient (Wildman–Crippen LogP) is -0.0117. The highest BCUT2D eigenvalue weighted by Gasteiger charge is 2.21. The van der Waals surface area contributed by atoms with Gasteiger partial charge in [0.25, 0.3) is 0 Å². The fraction of sp³-hybridized carbons (Fsp3) is 0.583. The summed E-state index contributed by atoms with van der Waals surface area (Å²) in [5, 5.41) is 17.3. The first-order valence-corrected chi connectivity index (χ1v) is 5.61. The number of rotatable bonds is 8. The number of terminal acetylenes is 1. The van der Waals surface area contributed by atoms with Gasteiger partial charge < -0.3 is 19.6 Å². The Balaban J connectivity index is 4.74. The van der Waals surface area contributed by atoms with Crippen LogP contribution in [0.2, 0.25) is 0 Å². The first kappa shape index (κ1) is 16.8. The third-order valence-electron chi connectivity index (χ3n) is 2.21. The molecule has 104 valence electrons. The number of aliphatic carboxylic acids is 1. The van der Waals surface area contributed by atoms with Crippen molar-refractivity contribution in [2.75, 3.05) is 39.9 Å². The van der Waals surface area contributed by atoms with E-state index in [4.69, 9.17) is 21.5 Å². The number of hydrogen-bond donors (Lipinski definition) is 1. The first-order chi connectivity index (χ1) is 9.06. The van der Waals surface area contributed by atoms with E-state index in [1.807, 2.05) is 6.07 Å². The summed E-state index contributed by atoms with van der Waals surface area (Å²) in [6.07, 6.45) is 5.27. The number of hydrogen-bond acceptors (Lipinski definition) is 4. The number of methoxy groups -OCH3 is 1. The normalized spacial score (nSPS) is 9.21. The zero-order chi connectivity index (χ0) is 14.7. The Morgan fingerprint density at radius 2 is 2.05 bits per heavy atom. The van der Waals surface area contributed by atoms with Gasteiger partial charge in [-0.05, 0) is 0 Å². The second-order valence-corrected chi connectivity index (χ2v) is 3.62. The molecule has 0 unspecified atom stereocenters. The van der Waals surface area contributed by atoms with Gasteiger partial charge >= 0.3 is 12.0 Å². The molecule has 0 bridgehead atoms. The van der Waals surface area contributed by atoms with Gasteiger partial charge in [0.2, 0.25) is 0 Å². The number of nitrogens with zero attached hydrogens (tertiary/aromatic N) is 3. The molecule has 0 aliphatic rings. The maximum atomic E-state index is 12.1. The lowest BCUT2D eigenvalue weighted by molar-refractivity contribution is -0.137. The van der Waals surface area contributed by atoms with Crippen molar-refractivity contribution >= 4 is 12.0 Å². The molecule has 0 saturated heterocycles. The number of carboxylic acids is 1. The zero-order valence-corrected chi connectivity index (χ0v) is 10.8. The highest BCUT2D eigenvalue weighted by Crippen LogP contribution is 2.01. The Kier molecular flexibility index (Phi) is 8.59. The van der Waals surface area contributed by atoms with Gasteiger partial charge in [0.15, 0.2) is 0 Å². The average molecular weight is 267 g/mol.